The Hall–Kier alpha value is -1.32. The summed E-state index contributed by atoms with van der Waals surface area (Å²) in [6, 6.07) is 0.452. The first-order valence-electron chi connectivity index (χ1n) is 7.41. The van der Waals surface area contributed by atoms with Crippen LogP contribution in [0.1, 0.15) is 52.4 Å². The van der Waals surface area contributed by atoms with Crippen molar-refractivity contribution < 1.29 is 0 Å². The molecule has 0 amide bonds. The van der Waals surface area contributed by atoms with E-state index in [4.69, 9.17) is 0 Å². The van der Waals surface area contributed by atoms with E-state index < -0.39 is 0 Å². The fourth-order valence-electron chi connectivity index (χ4n) is 2.12. The lowest BCUT2D eigenvalue weighted by atomic mass is 10.0. The SMILES string of the molecule is CCNc1nc(CC)nc(NC(CC)C(C)C)c1C. The number of nitrogens with one attached hydrogen (secondary N) is 2. The molecule has 1 aromatic rings. The molecule has 0 radical (unpaired) electrons. The first-order chi connectivity index (χ1) is 9.03. The zero-order valence-electron chi connectivity index (χ0n) is 13.2. The molecule has 0 bridgehead atoms. The number of anilines is 2. The molecule has 1 heterocycles. The summed E-state index contributed by atoms with van der Waals surface area (Å²) in [6.45, 7) is 13.8. The maximum absolute atomic E-state index is 4.64. The predicted molar refractivity (Wildman–Crippen MR) is 82.9 cm³/mol. The molecule has 0 aliphatic carbocycles. The molecule has 0 saturated carbocycles. The highest BCUT2D eigenvalue weighted by Gasteiger charge is 2.15. The lowest BCUT2D eigenvalue weighted by Gasteiger charge is -2.23. The fraction of sp³-hybridized carbons (Fsp3) is 0.733. The Morgan fingerprint density at radius 2 is 1.68 bits per heavy atom. The molecule has 0 fully saturated rings. The number of aromatic nitrogens is 2. The van der Waals surface area contributed by atoms with E-state index in [1.807, 2.05) is 0 Å². The highest BCUT2D eigenvalue weighted by molar-refractivity contribution is 5.57. The molecule has 0 aliphatic rings. The Morgan fingerprint density at radius 3 is 2.16 bits per heavy atom. The second-order valence-corrected chi connectivity index (χ2v) is 5.25. The van der Waals surface area contributed by atoms with Gasteiger partial charge in [-0.1, -0.05) is 27.7 Å². The summed E-state index contributed by atoms with van der Waals surface area (Å²) in [7, 11) is 0. The number of aryl methyl sites for hydroxylation is 1. The van der Waals surface area contributed by atoms with Crippen molar-refractivity contribution in [2.24, 2.45) is 5.92 Å². The van der Waals surface area contributed by atoms with E-state index in [2.05, 4.69) is 62.1 Å². The monoisotopic (exact) mass is 264 g/mol. The summed E-state index contributed by atoms with van der Waals surface area (Å²) in [5.41, 5.74) is 1.11. The van der Waals surface area contributed by atoms with Gasteiger partial charge in [0.1, 0.15) is 17.5 Å². The van der Waals surface area contributed by atoms with Crippen LogP contribution in [0.25, 0.3) is 0 Å². The zero-order valence-corrected chi connectivity index (χ0v) is 13.2. The van der Waals surface area contributed by atoms with Crippen LogP contribution in [0.2, 0.25) is 0 Å². The molecule has 4 heteroatoms. The minimum Gasteiger partial charge on any atom is -0.370 e. The van der Waals surface area contributed by atoms with Crippen molar-refractivity contribution in [3.05, 3.63) is 11.4 Å². The van der Waals surface area contributed by atoms with Gasteiger partial charge in [-0.05, 0) is 26.2 Å². The number of hydrogen-bond donors (Lipinski definition) is 2. The average molecular weight is 264 g/mol. The fourth-order valence-corrected chi connectivity index (χ4v) is 2.12. The topological polar surface area (TPSA) is 49.8 Å². The minimum atomic E-state index is 0.452. The summed E-state index contributed by atoms with van der Waals surface area (Å²) in [4.78, 5) is 9.20. The smallest absolute Gasteiger partial charge is 0.135 e. The third kappa shape index (κ3) is 4.08. The van der Waals surface area contributed by atoms with Gasteiger partial charge in [-0.15, -0.1) is 0 Å². The van der Waals surface area contributed by atoms with Crippen LogP contribution in [0.3, 0.4) is 0 Å². The number of hydrogen-bond acceptors (Lipinski definition) is 4. The van der Waals surface area contributed by atoms with Gasteiger partial charge in [0, 0.05) is 24.6 Å². The second-order valence-electron chi connectivity index (χ2n) is 5.25. The van der Waals surface area contributed by atoms with E-state index in [9.17, 15) is 0 Å². The van der Waals surface area contributed by atoms with Crippen LogP contribution in [0.5, 0.6) is 0 Å². The summed E-state index contributed by atoms with van der Waals surface area (Å²) in [5.74, 6) is 3.41. The van der Waals surface area contributed by atoms with Crippen LogP contribution in [0, 0.1) is 12.8 Å². The van der Waals surface area contributed by atoms with Crippen molar-refractivity contribution in [2.75, 3.05) is 17.2 Å². The van der Waals surface area contributed by atoms with Crippen LogP contribution in [0.4, 0.5) is 11.6 Å². The van der Waals surface area contributed by atoms with E-state index in [0.29, 0.717) is 12.0 Å². The van der Waals surface area contributed by atoms with Crippen molar-refractivity contribution in [1.29, 1.82) is 0 Å². The molecule has 0 saturated heterocycles. The molecule has 1 rings (SSSR count). The Labute approximate surface area is 117 Å². The van der Waals surface area contributed by atoms with Gasteiger partial charge < -0.3 is 10.6 Å². The van der Waals surface area contributed by atoms with E-state index in [-0.39, 0.29) is 0 Å². The first kappa shape index (κ1) is 15.7. The predicted octanol–water partition coefficient (Wildman–Crippen LogP) is 3.63. The minimum absolute atomic E-state index is 0.452. The molecular formula is C15H28N4. The summed E-state index contributed by atoms with van der Waals surface area (Å²) in [6.07, 6.45) is 1.95. The van der Waals surface area contributed by atoms with Gasteiger partial charge >= 0.3 is 0 Å². The summed E-state index contributed by atoms with van der Waals surface area (Å²) < 4.78 is 0. The van der Waals surface area contributed by atoms with E-state index in [1.54, 1.807) is 0 Å². The molecule has 4 nitrogen and oxygen atoms in total. The lowest BCUT2D eigenvalue weighted by molar-refractivity contribution is 0.509. The Bertz CT molecular complexity index is 401. The first-order valence-corrected chi connectivity index (χ1v) is 7.41. The molecule has 108 valence electrons. The van der Waals surface area contributed by atoms with Crippen LogP contribution in [-0.4, -0.2) is 22.6 Å². The normalized spacial score (nSPS) is 12.6. The number of nitrogens with zero attached hydrogens (tertiary/aromatic N) is 2. The largest absolute Gasteiger partial charge is 0.370 e. The molecule has 1 aromatic heterocycles. The Kier molecular flexibility index (Phi) is 6.06. The zero-order chi connectivity index (χ0) is 14.4. The van der Waals surface area contributed by atoms with Gasteiger partial charge in [0.15, 0.2) is 0 Å². The number of rotatable bonds is 7. The van der Waals surface area contributed by atoms with Crippen molar-refractivity contribution in [1.82, 2.24) is 9.97 Å². The average Bonchev–Trinajstić information content (AvgIpc) is 2.39. The molecule has 1 unspecified atom stereocenters. The van der Waals surface area contributed by atoms with Crippen LogP contribution >= 0.6 is 0 Å². The summed E-state index contributed by atoms with van der Waals surface area (Å²) >= 11 is 0. The molecule has 0 aliphatic heterocycles. The molecule has 0 spiro atoms. The standard InChI is InChI=1S/C15H28N4/c1-7-12(10(4)5)17-15-11(6)14(16-9-3)18-13(8-2)19-15/h10,12H,7-9H2,1-6H3,(H2,16,17,18,19). The van der Waals surface area contributed by atoms with Gasteiger partial charge in [-0.3, -0.25) is 0 Å². The second kappa shape index (κ2) is 7.31. The van der Waals surface area contributed by atoms with Crippen molar-refractivity contribution in [2.45, 2.75) is 60.4 Å². The van der Waals surface area contributed by atoms with Crippen molar-refractivity contribution >= 4 is 11.6 Å². The van der Waals surface area contributed by atoms with Gasteiger partial charge in [-0.2, -0.15) is 0 Å². The molecule has 1 atom stereocenters. The molecule has 19 heavy (non-hydrogen) atoms. The van der Waals surface area contributed by atoms with Crippen LogP contribution in [0.15, 0.2) is 0 Å². The van der Waals surface area contributed by atoms with E-state index in [1.165, 1.54) is 0 Å². The highest BCUT2D eigenvalue weighted by Crippen LogP contribution is 2.22. The van der Waals surface area contributed by atoms with E-state index in [0.717, 1.165) is 42.4 Å². The third-order valence-electron chi connectivity index (χ3n) is 3.42. The molecule has 2 N–H and O–H groups in total. The Morgan fingerprint density at radius 1 is 1.05 bits per heavy atom. The van der Waals surface area contributed by atoms with Gasteiger partial charge in [-0.25, -0.2) is 9.97 Å². The summed E-state index contributed by atoms with van der Waals surface area (Å²) in [5, 5.41) is 6.90. The van der Waals surface area contributed by atoms with Gasteiger partial charge in [0.25, 0.3) is 0 Å². The quantitative estimate of drug-likeness (QED) is 0.789. The van der Waals surface area contributed by atoms with Crippen LogP contribution < -0.4 is 10.6 Å². The Balaban J connectivity index is 3.07. The molecule has 0 aromatic carbocycles. The third-order valence-corrected chi connectivity index (χ3v) is 3.42. The van der Waals surface area contributed by atoms with Crippen LogP contribution in [-0.2, 0) is 6.42 Å². The van der Waals surface area contributed by atoms with E-state index >= 15 is 0 Å². The van der Waals surface area contributed by atoms with Gasteiger partial charge in [0.2, 0.25) is 0 Å². The molecular weight excluding hydrogens is 236 g/mol. The van der Waals surface area contributed by atoms with Gasteiger partial charge in [0.05, 0.1) is 0 Å². The lowest BCUT2D eigenvalue weighted by Crippen LogP contribution is -2.26. The maximum Gasteiger partial charge on any atom is 0.135 e. The maximum atomic E-state index is 4.64. The van der Waals surface area contributed by atoms with Crippen molar-refractivity contribution in [3.63, 3.8) is 0 Å². The van der Waals surface area contributed by atoms with Crippen molar-refractivity contribution in [3.8, 4) is 0 Å². The highest BCUT2D eigenvalue weighted by atomic mass is 15.1.